The molecule has 0 radical (unpaired) electrons. The van der Waals surface area contributed by atoms with Gasteiger partial charge in [0.2, 0.25) is 0 Å². The van der Waals surface area contributed by atoms with E-state index in [-0.39, 0.29) is 29.0 Å². The van der Waals surface area contributed by atoms with Crippen molar-refractivity contribution in [2.45, 2.75) is 0 Å². The smallest absolute Gasteiger partial charge is 0.339 e. The second-order valence-electron chi connectivity index (χ2n) is 4.12. The number of benzene rings is 1. The van der Waals surface area contributed by atoms with Crippen LogP contribution >= 0.6 is 23.2 Å². The second kappa shape index (κ2) is 7.64. The number of esters is 1. The van der Waals surface area contributed by atoms with Gasteiger partial charge in [0.25, 0.3) is 0 Å². The van der Waals surface area contributed by atoms with E-state index in [2.05, 4.69) is 4.98 Å². The maximum Gasteiger partial charge on any atom is 0.339 e. The molecule has 1 aromatic heterocycles. The van der Waals surface area contributed by atoms with Crippen molar-refractivity contribution in [3.8, 4) is 11.8 Å². The molecule has 0 spiro atoms. The Morgan fingerprint density at radius 2 is 1.95 bits per heavy atom. The molecule has 1 heterocycles. The zero-order chi connectivity index (χ0) is 15.9. The molecule has 0 unspecified atom stereocenters. The third kappa shape index (κ3) is 4.35. The summed E-state index contributed by atoms with van der Waals surface area (Å²) in [4.78, 5) is 15.5. The molecule has 0 aliphatic carbocycles. The van der Waals surface area contributed by atoms with E-state index in [4.69, 9.17) is 37.9 Å². The van der Waals surface area contributed by atoms with Crippen molar-refractivity contribution in [3.63, 3.8) is 0 Å². The number of carbonyl (C=O) groups excluding carboxylic acids is 1. The number of hydrogen-bond acceptors (Lipinski definition) is 5. The average molecular weight is 337 g/mol. The van der Waals surface area contributed by atoms with Crippen LogP contribution < -0.4 is 4.74 Å². The van der Waals surface area contributed by atoms with Crippen molar-refractivity contribution in [1.82, 2.24) is 4.98 Å². The van der Waals surface area contributed by atoms with Gasteiger partial charge in [-0.3, -0.25) is 0 Å². The lowest BCUT2D eigenvalue weighted by Gasteiger charge is -2.07. The molecular formula is C15H10Cl2N2O3. The number of nitriles is 1. The fourth-order valence-electron chi connectivity index (χ4n) is 1.54. The van der Waals surface area contributed by atoms with Crippen LogP contribution in [-0.2, 0) is 4.74 Å². The summed E-state index contributed by atoms with van der Waals surface area (Å²) < 4.78 is 10.4. The Bertz CT molecular complexity index is 712. The van der Waals surface area contributed by atoms with E-state index in [1.807, 2.05) is 6.07 Å². The van der Waals surface area contributed by atoms with E-state index < -0.39 is 5.97 Å². The monoisotopic (exact) mass is 336 g/mol. The number of carbonyl (C=O) groups is 1. The number of ether oxygens (including phenoxy) is 2. The van der Waals surface area contributed by atoms with Crippen molar-refractivity contribution in [1.29, 1.82) is 5.26 Å². The zero-order valence-electron chi connectivity index (χ0n) is 11.3. The van der Waals surface area contributed by atoms with Gasteiger partial charge in [-0.15, -0.1) is 0 Å². The predicted molar refractivity (Wildman–Crippen MR) is 81.2 cm³/mol. The van der Waals surface area contributed by atoms with E-state index in [0.29, 0.717) is 11.3 Å². The molecule has 0 bridgehead atoms. The number of hydrogen-bond donors (Lipinski definition) is 0. The van der Waals surface area contributed by atoms with Crippen molar-refractivity contribution in [2.24, 2.45) is 0 Å². The normalized spacial score (nSPS) is 9.86. The highest BCUT2D eigenvalue weighted by atomic mass is 35.5. The quantitative estimate of drug-likeness (QED) is 0.474. The first-order chi connectivity index (χ1) is 10.6. The van der Waals surface area contributed by atoms with Gasteiger partial charge in [-0.05, 0) is 30.3 Å². The summed E-state index contributed by atoms with van der Waals surface area (Å²) >= 11 is 11.4. The Labute approximate surface area is 137 Å². The van der Waals surface area contributed by atoms with E-state index in [0.717, 1.165) is 0 Å². The fourth-order valence-corrected chi connectivity index (χ4v) is 1.81. The van der Waals surface area contributed by atoms with Gasteiger partial charge in [0, 0.05) is 6.20 Å². The number of rotatable bonds is 5. The van der Waals surface area contributed by atoms with Gasteiger partial charge in [0.05, 0.1) is 22.2 Å². The van der Waals surface area contributed by atoms with Crippen LogP contribution in [0.5, 0.6) is 5.75 Å². The molecule has 0 aliphatic heterocycles. The van der Waals surface area contributed by atoms with Crippen molar-refractivity contribution in [3.05, 3.63) is 57.8 Å². The standard InChI is InChI=1S/C15H10Cl2N2O3/c16-13-7-11(9-19-14(13)17)15(20)22-6-5-21-12-3-1-10(8-18)2-4-12/h1-4,7,9H,5-6H2. The summed E-state index contributed by atoms with van der Waals surface area (Å²) in [6.45, 7) is 0.255. The Morgan fingerprint density at radius 3 is 2.59 bits per heavy atom. The molecule has 0 N–H and O–H groups in total. The van der Waals surface area contributed by atoms with E-state index in [9.17, 15) is 4.79 Å². The molecule has 1 aromatic carbocycles. The fraction of sp³-hybridized carbons (Fsp3) is 0.133. The Balaban J connectivity index is 1.79. The van der Waals surface area contributed by atoms with Crippen LogP contribution in [0.3, 0.4) is 0 Å². The van der Waals surface area contributed by atoms with Gasteiger partial charge in [0.1, 0.15) is 24.1 Å². The third-order valence-electron chi connectivity index (χ3n) is 2.60. The third-order valence-corrected chi connectivity index (χ3v) is 3.29. The minimum absolute atomic E-state index is 0.0685. The van der Waals surface area contributed by atoms with E-state index >= 15 is 0 Å². The van der Waals surface area contributed by atoms with Gasteiger partial charge in [-0.1, -0.05) is 23.2 Å². The molecule has 5 nitrogen and oxygen atoms in total. The van der Waals surface area contributed by atoms with Crippen molar-refractivity contribution < 1.29 is 14.3 Å². The van der Waals surface area contributed by atoms with Crippen LogP contribution in [0, 0.1) is 11.3 Å². The minimum atomic E-state index is -0.561. The lowest BCUT2D eigenvalue weighted by atomic mass is 10.2. The van der Waals surface area contributed by atoms with Gasteiger partial charge >= 0.3 is 5.97 Å². The topological polar surface area (TPSA) is 72.2 Å². The number of nitrogens with zero attached hydrogens (tertiary/aromatic N) is 2. The SMILES string of the molecule is N#Cc1ccc(OCCOC(=O)c2cnc(Cl)c(Cl)c2)cc1. The van der Waals surface area contributed by atoms with Crippen LogP contribution in [0.25, 0.3) is 0 Å². The highest BCUT2D eigenvalue weighted by Crippen LogP contribution is 2.20. The van der Waals surface area contributed by atoms with Crippen LogP contribution in [-0.4, -0.2) is 24.2 Å². The zero-order valence-corrected chi connectivity index (χ0v) is 12.8. The molecule has 0 aliphatic rings. The highest BCUT2D eigenvalue weighted by Gasteiger charge is 2.10. The number of halogens is 2. The van der Waals surface area contributed by atoms with Crippen LogP contribution in [0.4, 0.5) is 0 Å². The molecule has 0 amide bonds. The van der Waals surface area contributed by atoms with Crippen LogP contribution in [0.2, 0.25) is 10.2 Å². The molecule has 0 fully saturated rings. The number of pyridine rings is 1. The Morgan fingerprint density at radius 1 is 1.23 bits per heavy atom. The lowest BCUT2D eigenvalue weighted by molar-refractivity contribution is 0.0450. The van der Waals surface area contributed by atoms with Gasteiger partial charge in [-0.2, -0.15) is 5.26 Å². The molecule has 0 saturated carbocycles. The van der Waals surface area contributed by atoms with E-state index in [1.54, 1.807) is 24.3 Å². The summed E-state index contributed by atoms with van der Waals surface area (Å²) in [5.41, 5.74) is 0.763. The average Bonchev–Trinajstić information content (AvgIpc) is 2.54. The highest BCUT2D eigenvalue weighted by molar-refractivity contribution is 6.41. The molecule has 0 atom stereocenters. The first kappa shape index (κ1) is 16.1. The molecular weight excluding hydrogens is 327 g/mol. The molecule has 0 saturated heterocycles. The molecule has 7 heteroatoms. The van der Waals surface area contributed by atoms with Gasteiger partial charge < -0.3 is 9.47 Å². The van der Waals surface area contributed by atoms with Crippen molar-refractivity contribution in [2.75, 3.05) is 13.2 Å². The predicted octanol–water partition coefficient (Wildman–Crippen LogP) is 3.50. The summed E-state index contributed by atoms with van der Waals surface area (Å²) in [5.74, 6) is 0.0285. The Kier molecular flexibility index (Phi) is 5.59. The summed E-state index contributed by atoms with van der Waals surface area (Å²) in [6, 6.07) is 10.0. The molecule has 2 rings (SSSR count). The van der Waals surface area contributed by atoms with E-state index in [1.165, 1.54) is 12.3 Å². The molecule has 22 heavy (non-hydrogen) atoms. The van der Waals surface area contributed by atoms with Crippen LogP contribution in [0.1, 0.15) is 15.9 Å². The minimum Gasteiger partial charge on any atom is -0.490 e. The number of aromatic nitrogens is 1. The maximum atomic E-state index is 11.7. The summed E-state index contributed by atoms with van der Waals surface area (Å²) in [5, 5.41) is 8.99. The molecule has 112 valence electrons. The molecule has 2 aromatic rings. The first-order valence-electron chi connectivity index (χ1n) is 6.21. The van der Waals surface area contributed by atoms with Gasteiger partial charge in [0.15, 0.2) is 0 Å². The van der Waals surface area contributed by atoms with Crippen LogP contribution in [0.15, 0.2) is 36.5 Å². The maximum absolute atomic E-state index is 11.7. The second-order valence-corrected chi connectivity index (χ2v) is 4.88. The van der Waals surface area contributed by atoms with Gasteiger partial charge in [-0.25, -0.2) is 9.78 Å². The largest absolute Gasteiger partial charge is 0.490 e. The summed E-state index contributed by atoms with van der Waals surface area (Å²) in [7, 11) is 0. The lowest BCUT2D eigenvalue weighted by Crippen LogP contribution is -2.12. The Hall–Kier alpha value is -2.29. The van der Waals surface area contributed by atoms with Crippen molar-refractivity contribution >= 4 is 29.2 Å². The summed E-state index contributed by atoms with van der Waals surface area (Å²) in [6.07, 6.45) is 1.29. The first-order valence-corrected chi connectivity index (χ1v) is 6.97.